The third kappa shape index (κ3) is 4.17. The number of aliphatic hydroxyl groups is 1. The van der Waals surface area contributed by atoms with Gasteiger partial charge in [0.2, 0.25) is 10.0 Å². The van der Waals surface area contributed by atoms with E-state index in [9.17, 15) is 13.5 Å². The number of hydrogen-bond acceptors (Lipinski definition) is 4. The molecule has 1 aromatic rings. The molecule has 0 unspecified atom stereocenters. The highest BCUT2D eigenvalue weighted by Crippen LogP contribution is 2.27. The van der Waals surface area contributed by atoms with E-state index in [1.54, 1.807) is 6.07 Å². The average Bonchev–Trinajstić information content (AvgIpc) is 2.35. The fraction of sp³-hybridized carbons (Fsp3) is 0.500. The molecule has 0 fully saturated rings. The van der Waals surface area contributed by atoms with Gasteiger partial charge in [-0.2, -0.15) is 0 Å². The van der Waals surface area contributed by atoms with Crippen LogP contribution in [0.4, 0.5) is 0 Å². The maximum atomic E-state index is 12.2. The van der Waals surface area contributed by atoms with Crippen molar-refractivity contribution in [2.45, 2.75) is 24.8 Å². The summed E-state index contributed by atoms with van der Waals surface area (Å²) < 4.78 is 32.4. The highest BCUT2D eigenvalue weighted by atomic mass is 79.9. The van der Waals surface area contributed by atoms with Crippen LogP contribution in [0.15, 0.2) is 27.6 Å². The minimum absolute atomic E-state index is 0.00136. The van der Waals surface area contributed by atoms with E-state index in [1.165, 1.54) is 19.2 Å². The Hall–Kier alpha value is -0.630. The summed E-state index contributed by atoms with van der Waals surface area (Å²) >= 11 is 3.25. The van der Waals surface area contributed by atoms with E-state index in [0.717, 1.165) is 0 Å². The van der Waals surface area contributed by atoms with Crippen LogP contribution in [0, 0.1) is 5.92 Å². The van der Waals surface area contributed by atoms with Gasteiger partial charge in [0, 0.05) is 6.04 Å². The number of hydrogen-bond donors (Lipinski definition) is 2. The molecule has 2 N–H and O–H groups in total. The number of ether oxygens (including phenoxy) is 1. The molecule has 1 aromatic carbocycles. The number of nitrogens with one attached hydrogen (secondary N) is 1. The van der Waals surface area contributed by atoms with Gasteiger partial charge in [-0.25, -0.2) is 13.1 Å². The van der Waals surface area contributed by atoms with E-state index in [2.05, 4.69) is 20.7 Å². The third-order valence-corrected chi connectivity index (χ3v) is 4.85. The fourth-order valence-corrected chi connectivity index (χ4v) is 3.56. The molecule has 108 valence electrons. The Morgan fingerprint density at radius 1 is 1.42 bits per heavy atom. The van der Waals surface area contributed by atoms with Crippen molar-refractivity contribution in [3.05, 3.63) is 22.7 Å². The zero-order chi connectivity index (χ0) is 14.6. The Labute approximate surface area is 122 Å². The van der Waals surface area contributed by atoms with Gasteiger partial charge >= 0.3 is 0 Å². The lowest BCUT2D eigenvalue weighted by atomic mass is 10.1. The highest BCUT2D eigenvalue weighted by Gasteiger charge is 2.22. The molecule has 0 aliphatic rings. The quantitative estimate of drug-likeness (QED) is 0.818. The van der Waals surface area contributed by atoms with Crippen LogP contribution in [0.1, 0.15) is 13.8 Å². The molecule has 0 bridgehead atoms. The highest BCUT2D eigenvalue weighted by molar-refractivity contribution is 9.10. The normalized spacial score (nSPS) is 13.6. The van der Waals surface area contributed by atoms with Gasteiger partial charge in [-0.15, -0.1) is 0 Å². The second kappa shape index (κ2) is 6.69. The molecule has 0 radical (unpaired) electrons. The summed E-state index contributed by atoms with van der Waals surface area (Å²) in [5.74, 6) is 0.558. The maximum absolute atomic E-state index is 12.2. The molecular weight excluding hydrogens is 334 g/mol. The molecule has 0 spiro atoms. The van der Waals surface area contributed by atoms with Gasteiger partial charge < -0.3 is 9.84 Å². The first kappa shape index (κ1) is 16.4. The zero-order valence-electron chi connectivity index (χ0n) is 11.1. The van der Waals surface area contributed by atoms with Gasteiger partial charge in [-0.05, 0) is 40.0 Å². The molecule has 0 heterocycles. The lowest BCUT2D eigenvalue weighted by molar-refractivity contribution is 0.227. The second-order valence-corrected chi connectivity index (χ2v) is 7.02. The van der Waals surface area contributed by atoms with Crippen LogP contribution < -0.4 is 9.46 Å². The van der Waals surface area contributed by atoms with Crippen molar-refractivity contribution >= 4 is 26.0 Å². The summed E-state index contributed by atoms with van der Waals surface area (Å²) in [5, 5.41) is 9.19. The Morgan fingerprint density at radius 2 is 2.05 bits per heavy atom. The van der Waals surface area contributed by atoms with Crippen LogP contribution in [-0.4, -0.2) is 33.3 Å². The number of rotatable bonds is 6. The standard InChI is InChI=1S/C12H18BrNO4S/c1-8(2)11(7-15)14-19(16,17)9-4-5-12(18-3)10(13)6-9/h4-6,8,11,14-15H,7H2,1-3H3/t11-/m1/s1. The number of benzene rings is 1. The zero-order valence-corrected chi connectivity index (χ0v) is 13.5. The van der Waals surface area contributed by atoms with Crippen molar-refractivity contribution in [3.8, 4) is 5.75 Å². The molecule has 0 aliphatic carbocycles. The molecule has 0 aliphatic heterocycles. The summed E-state index contributed by atoms with van der Waals surface area (Å²) in [6.45, 7) is 3.44. The van der Waals surface area contributed by atoms with E-state index < -0.39 is 16.1 Å². The van der Waals surface area contributed by atoms with Crippen molar-refractivity contribution < 1.29 is 18.3 Å². The van der Waals surface area contributed by atoms with Gasteiger partial charge in [0.05, 0.1) is 23.1 Å². The number of halogens is 1. The Kier molecular flexibility index (Phi) is 5.79. The Balaban J connectivity index is 3.03. The number of sulfonamides is 1. The molecule has 19 heavy (non-hydrogen) atoms. The van der Waals surface area contributed by atoms with Gasteiger partial charge in [0.15, 0.2) is 0 Å². The lowest BCUT2D eigenvalue weighted by Gasteiger charge is -2.20. The van der Waals surface area contributed by atoms with Crippen molar-refractivity contribution in [2.75, 3.05) is 13.7 Å². The summed E-state index contributed by atoms with van der Waals surface area (Å²) in [5.41, 5.74) is 0. The third-order valence-electron chi connectivity index (χ3n) is 2.74. The Bertz CT molecular complexity index is 531. The molecule has 0 saturated carbocycles. The second-order valence-electron chi connectivity index (χ2n) is 4.45. The van der Waals surface area contributed by atoms with E-state index in [1.807, 2.05) is 13.8 Å². The first-order valence-electron chi connectivity index (χ1n) is 5.78. The minimum Gasteiger partial charge on any atom is -0.496 e. The van der Waals surface area contributed by atoms with E-state index in [0.29, 0.717) is 10.2 Å². The smallest absolute Gasteiger partial charge is 0.240 e. The van der Waals surface area contributed by atoms with E-state index in [-0.39, 0.29) is 17.4 Å². The summed E-state index contributed by atoms with van der Waals surface area (Å²) in [6, 6.07) is 3.99. The van der Waals surface area contributed by atoms with E-state index >= 15 is 0 Å². The van der Waals surface area contributed by atoms with Crippen molar-refractivity contribution in [3.63, 3.8) is 0 Å². The van der Waals surface area contributed by atoms with Gasteiger partial charge in [-0.1, -0.05) is 13.8 Å². The summed E-state index contributed by atoms with van der Waals surface area (Å²) in [7, 11) is -2.15. The average molecular weight is 352 g/mol. The van der Waals surface area contributed by atoms with Crippen LogP contribution in [0.3, 0.4) is 0 Å². The van der Waals surface area contributed by atoms with Crippen LogP contribution in [0.5, 0.6) is 5.75 Å². The van der Waals surface area contributed by atoms with Crippen molar-refractivity contribution in [1.29, 1.82) is 0 Å². The lowest BCUT2D eigenvalue weighted by Crippen LogP contribution is -2.41. The molecule has 0 aromatic heterocycles. The number of methoxy groups -OCH3 is 1. The Morgan fingerprint density at radius 3 is 2.47 bits per heavy atom. The predicted octanol–water partition coefficient (Wildman–Crippen LogP) is 1.75. The van der Waals surface area contributed by atoms with Gasteiger partial charge in [-0.3, -0.25) is 0 Å². The molecular formula is C12H18BrNO4S. The largest absolute Gasteiger partial charge is 0.496 e. The number of aliphatic hydroxyl groups excluding tert-OH is 1. The first-order chi connectivity index (χ1) is 8.81. The van der Waals surface area contributed by atoms with E-state index in [4.69, 9.17) is 4.74 Å². The molecule has 5 nitrogen and oxygen atoms in total. The molecule has 1 rings (SSSR count). The molecule has 1 atom stereocenters. The monoisotopic (exact) mass is 351 g/mol. The SMILES string of the molecule is COc1ccc(S(=O)(=O)N[C@H](CO)C(C)C)cc1Br. The first-order valence-corrected chi connectivity index (χ1v) is 8.06. The fourth-order valence-electron chi connectivity index (χ4n) is 1.47. The minimum atomic E-state index is -3.66. The van der Waals surface area contributed by atoms with Crippen molar-refractivity contribution in [2.24, 2.45) is 5.92 Å². The van der Waals surface area contributed by atoms with Crippen LogP contribution >= 0.6 is 15.9 Å². The summed E-state index contributed by atoms with van der Waals surface area (Å²) in [6.07, 6.45) is 0. The van der Waals surface area contributed by atoms with Crippen molar-refractivity contribution in [1.82, 2.24) is 4.72 Å². The summed E-state index contributed by atoms with van der Waals surface area (Å²) in [4.78, 5) is 0.124. The van der Waals surface area contributed by atoms with Gasteiger partial charge in [0.25, 0.3) is 0 Å². The molecule has 7 heteroatoms. The van der Waals surface area contributed by atoms with Crippen LogP contribution in [0.25, 0.3) is 0 Å². The van der Waals surface area contributed by atoms with Gasteiger partial charge in [0.1, 0.15) is 5.75 Å². The topological polar surface area (TPSA) is 75.6 Å². The maximum Gasteiger partial charge on any atom is 0.240 e. The molecule has 0 saturated heterocycles. The van der Waals surface area contributed by atoms with Crippen LogP contribution in [-0.2, 0) is 10.0 Å². The predicted molar refractivity (Wildman–Crippen MR) is 76.7 cm³/mol. The molecule has 0 amide bonds. The van der Waals surface area contributed by atoms with Crippen LogP contribution in [0.2, 0.25) is 0 Å².